The van der Waals surface area contributed by atoms with Gasteiger partial charge in [-0.2, -0.15) is 0 Å². The second-order valence-corrected chi connectivity index (χ2v) is 2.81. The van der Waals surface area contributed by atoms with E-state index < -0.39 is 11.9 Å². The van der Waals surface area contributed by atoms with Gasteiger partial charge in [-0.25, -0.2) is 4.79 Å². The Kier molecular flexibility index (Phi) is 3.45. The standard InChI is InChI=1S/C10H11N3O2/c11-10(12)13-8(9(14)15)6-7-4-2-1-3-5-7/h1-6H,(H,14,15)(H4,11,12,13). The molecular weight excluding hydrogens is 194 g/mol. The lowest BCUT2D eigenvalue weighted by molar-refractivity contribution is -0.132. The van der Waals surface area contributed by atoms with Gasteiger partial charge >= 0.3 is 5.97 Å². The molecule has 0 bridgehead atoms. The van der Waals surface area contributed by atoms with Crippen LogP contribution in [-0.4, -0.2) is 17.0 Å². The van der Waals surface area contributed by atoms with Crippen molar-refractivity contribution in [1.82, 2.24) is 5.32 Å². The van der Waals surface area contributed by atoms with Gasteiger partial charge in [-0.05, 0) is 11.6 Å². The summed E-state index contributed by atoms with van der Waals surface area (Å²) in [6.45, 7) is 0. The maximum absolute atomic E-state index is 10.8. The van der Waals surface area contributed by atoms with Crippen LogP contribution in [0.1, 0.15) is 5.56 Å². The summed E-state index contributed by atoms with van der Waals surface area (Å²) in [5.41, 5.74) is 5.65. The monoisotopic (exact) mass is 205 g/mol. The van der Waals surface area contributed by atoms with Crippen LogP contribution < -0.4 is 11.1 Å². The fourth-order valence-corrected chi connectivity index (χ4v) is 1.01. The van der Waals surface area contributed by atoms with Crippen molar-refractivity contribution in [2.24, 2.45) is 5.73 Å². The Balaban J connectivity index is 2.94. The smallest absolute Gasteiger partial charge is 0.352 e. The number of carbonyl (C=O) groups is 1. The Morgan fingerprint density at radius 1 is 1.40 bits per heavy atom. The molecule has 0 aliphatic rings. The third kappa shape index (κ3) is 3.51. The molecule has 1 rings (SSSR count). The number of rotatable bonds is 3. The molecule has 0 aliphatic heterocycles. The quantitative estimate of drug-likeness (QED) is 0.330. The SMILES string of the molecule is N=C(N)NC(=Cc1ccccc1)C(=O)O. The molecule has 5 nitrogen and oxygen atoms in total. The fraction of sp³-hybridized carbons (Fsp3) is 0. The number of guanidine groups is 1. The van der Waals surface area contributed by atoms with Gasteiger partial charge < -0.3 is 16.2 Å². The number of hydrogen-bond acceptors (Lipinski definition) is 2. The highest BCUT2D eigenvalue weighted by Crippen LogP contribution is 2.04. The predicted molar refractivity (Wildman–Crippen MR) is 57.1 cm³/mol. The first-order valence-corrected chi connectivity index (χ1v) is 4.20. The van der Waals surface area contributed by atoms with E-state index in [1.165, 1.54) is 6.08 Å². The van der Waals surface area contributed by atoms with Crippen LogP contribution in [0.5, 0.6) is 0 Å². The minimum atomic E-state index is -1.16. The number of benzene rings is 1. The van der Waals surface area contributed by atoms with Crippen LogP contribution in [0, 0.1) is 5.41 Å². The Labute approximate surface area is 86.7 Å². The average Bonchev–Trinajstić information content (AvgIpc) is 2.17. The Hall–Kier alpha value is -2.30. The molecule has 0 heterocycles. The highest BCUT2D eigenvalue weighted by atomic mass is 16.4. The van der Waals surface area contributed by atoms with Crippen molar-refractivity contribution in [2.75, 3.05) is 0 Å². The Bertz CT molecular complexity index is 398. The molecule has 0 amide bonds. The number of nitrogens with one attached hydrogen (secondary N) is 2. The van der Waals surface area contributed by atoms with Crippen LogP contribution >= 0.6 is 0 Å². The second-order valence-electron chi connectivity index (χ2n) is 2.81. The number of carboxylic acids is 1. The van der Waals surface area contributed by atoms with Gasteiger partial charge in [0.1, 0.15) is 5.70 Å². The molecule has 0 aromatic heterocycles. The van der Waals surface area contributed by atoms with E-state index in [2.05, 4.69) is 5.32 Å². The number of hydrogen-bond donors (Lipinski definition) is 4. The Morgan fingerprint density at radius 3 is 2.47 bits per heavy atom. The zero-order valence-corrected chi connectivity index (χ0v) is 7.90. The van der Waals surface area contributed by atoms with E-state index in [-0.39, 0.29) is 5.70 Å². The maximum Gasteiger partial charge on any atom is 0.352 e. The van der Waals surface area contributed by atoms with Crippen LogP contribution in [0.25, 0.3) is 6.08 Å². The largest absolute Gasteiger partial charge is 0.477 e. The summed E-state index contributed by atoms with van der Waals surface area (Å²) in [7, 11) is 0. The molecule has 0 spiro atoms. The van der Waals surface area contributed by atoms with Gasteiger partial charge in [0.15, 0.2) is 5.96 Å². The zero-order chi connectivity index (χ0) is 11.3. The number of nitrogens with two attached hydrogens (primary N) is 1. The summed E-state index contributed by atoms with van der Waals surface area (Å²) >= 11 is 0. The van der Waals surface area contributed by atoms with Crippen molar-refractivity contribution >= 4 is 18.0 Å². The van der Waals surface area contributed by atoms with Crippen LogP contribution in [0.15, 0.2) is 36.0 Å². The molecule has 78 valence electrons. The summed E-state index contributed by atoms with van der Waals surface area (Å²) in [5.74, 6) is -1.56. The zero-order valence-electron chi connectivity index (χ0n) is 7.90. The first-order chi connectivity index (χ1) is 7.09. The molecule has 0 unspecified atom stereocenters. The molecule has 0 aliphatic carbocycles. The lowest BCUT2D eigenvalue weighted by Crippen LogP contribution is -2.32. The normalized spacial score (nSPS) is 10.8. The molecule has 0 saturated carbocycles. The highest BCUT2D eigenvalue weighted by molar-refractivity contribution is 5.96. The first-order valence-electron chi connectivity index (χ1n) is 4.20. The molecule has 0 atom stereocenters. The summed E-state index contributed by atoms with van der Waals surface area (Å²) in [5, 5.41) is 18.0. The molecule has 1 aromatic rings. The minimum Gasteiger partial charge on any atom is -0.477 e. The highest BCUT2D eigenvalue weighted by Gasteiger charge is 2.07. The number of aliphatic carboxylic acids is 1. The molecule has 0 radical (unpaired) electrons. The molecule has 0 fully saturated rings. The summed E-state index contributed by atoms with van der Waals surface area (Å²) < 4.78 is 0. The van der Waals surface area contributed by atoms with Crippen molar-refractivity contribution in [3.05, 3.63) is 41.6 Å². The molecule has 1 aromatic carbocycles. The van der Waals surface area contributed by atoms with Crippen LogP contribution in [0.3, 0.4) is 0 Å². The van der Waals surface area contributed by atoms with Crippen molar-refractivity contribution < 1.29 is 9.90 Å². The molecule has 5 heteroatoms. The van der Waals surface area contributed by atoms with E-state index in [1.807, 2.05) is 6.07 Å². The van der Waals surface area contributed by atoms with Crippen molar-refractivity contribution in [3.63, 3.8) is 0 Å². The lowest BCUT2D eigenvalue weighted by atomic mass is 10.2. The van der Waals surface area contributed by atoms with Gasteiger partial charge in [0.05, 0.1) is 0 Å². The summed E-state index contributed by atoms with van der Waals surface area (Å²) in [6, 6.07) is 8.92. The number of carboxylic acid groups (broad SMARTS) is 1. The predicted octanol–water partition coefficient (Wildman–Crippen LogP) is 0.595. The van der Waals surface area contributed by atoms with Crippen molar-refractivity contribution in [1.29, 1.82) is 5.41 Å². The first kappa shape index (κ1) is 10.8. The van der Waals surface area contributed by atoms with E-state index in [0.717, 1.165) is 5.56 Å². The van der Waals surface area contributed by atoms with Crippen molar-refractivity contribution in [2.45, 2.75) is 0 Å². The molecule has 15 heavy (non-hydrogen) atoms. The second kappa shape index (κ2) is 4.80. The molecule has 0 saturated heterocycles. The van der Waals surface area contributed by atoms with Gasteiger partial charge in [0.2, 0.25) is 0 Å². The van der Waals surface area contributed by atoms with Crippen LogP contribution in [0.2, 0.25) is 0 Å². The fourth-order valence-electron chi connectivity index (χ4n) is 1.01. The average molecular weight is 205 g/mol. The lowest BCUT2D eigenvalue weighted by Gasteiger charge is -2.03. The van der Waals surface area contributed by atoms with E-state index >= 15 is 0 Å². The summed E-state index contributed by atoms with van der Waals surface area (Å²) in [4.78, 5) is 10.8. The van der Waals surface area contributed by atoms with E-state index in [1.54, 1.807) is 24.3 Å². The minimum absolute atomic E-state index is 0.131. The van der Waals surface area contributed by atoms with Gasteiger partial charge in [-0.1, -0.05) is 30.3 Å². The van der Waals surface area contributed by atoms with Crippen LogP contribution in [0.4, 0.5) is 0 Å². The van der Waals surface area contributed by atoms with Crippen LogP contribution in [-0.2, 0) is 4.79 Å². The third-order valence-corrected chi connectivity index (χ3v) is 1.61. The van der Waals surface area contributed by atoms with Crippen molar-refractivity contribution in [3.8, 4) is 0 Å². The van der Waals surface area contributed by atoms with Gasteiger partial charge in [-0.3, -0.25) is 5.41 Å². The third-order valence-electron chi connectivity index (χ3n) is 1.61. The molecular formula is C10H11N3O2. The molecule has 5 N–H and O–H groups in total. The maximum atomic E-state index is 10.8. The van der Waals surface area contributed by atoms with E-state index in [4.69, 9.17) is 16.2 Å². The Morgan fingerprint density at radius 2 is 2.00 bits per heavy atom. The van der Waals surface area contributed by atoms with Gasteiger partial charge in [-0.15, -0.1) is 0 Å². The van der Waals surface area contributed by atoms with Gasteiger partial charge in [0, 0.05) is 0 Å². The summed E-state index contributed by atoms with van der Waals surface area (Å²) in [6.07, 6.45) is 1.41. The topological polar surface area (TPSA) is 99.2 Å². The van der Waals surface area contributed by atoms with E-state index in [9.17, 15) is 4.79 Å². The van der Waals surface area contributed by atoms with Gasteiger partial charge in [0.25, 0.3) is 0 Å². The van der Waals surface area contributed by atoms with E-state index in [0.29, 0.717) is 0 Å².